The maximum Gasteiger partial charge on any atom is 0.323 e. The number of nitrogens with zero attached hydrogens (tertiary/aromatic N) is 3. The highest BCUT2D eigenvalue weighted by Gasteiger charge is 2.35. The maximum atomic E-state index is 12.9. The van der Waals surface area contributed by atoms with Gasteiger partial charge < -0.3 is 20.9 Å². The number of amides is 3. The van der Waals surface area contributed by atoms with Gasteiger partial charge in [0.05, 0.1) is 16.3 Å². The summed E-state index contributed by atoms with van der Waals surface area (Å²) >= 11 is 1.24. The summed E-state index contributed by atoms with van der Waals surface area (Å²) in [7, 11) is 0. The van der Waals surface area contributed by atoms with E-state index < -0.39 is 6.03 Å². The molecule has 0 unspecified atom stereocenters. The number of benzene rings is 2. The minimum absolute atomic E-state index is 0. The Bertz CT molecular complexity index is 1230. The summed E-state index contributed by atoms with van der Waals surface area (Å²) in [6.07, 6.45) is 2.28. The van der Waals surface area contributed by atoms with Gasteiger partial charge in [0, 0.05) is 30.8 Å². The molecule has 2 bridgehead atoms. The van der Waals surface area contributed by atoms with Gasteiger partial charge in [-0.2, -0.15) is 9.64 Å². The quantitative estimate of drug-likeness (QED) is 0.561. The predicted molar refractivity (Wildman–Crippen MR) is 126 cm³/mol. The molecule has 0 saturated carbocycles. The number of fused-ring (bicyclic) bond motifs is 4. The van der Waals surface area contributed by atoms with E-state index in [1.807, 2.05) is 18.2 Å². The molecule has 3 fully saturated rings. The lowest BCUT2D eigenvalue weighted by molar-refractivity contribution is 0.0619. The van der Waals surface area contributed by atoms with Crippen LogP contribution in [0.1, 0.15) is 30.3 Å². The maximum absolute atomic E-state index is 12.9. The van der Waals surface area contributed by atoms with Crippen LogP contribution in [-0.4, -0.2) is 46.9 Å². The van der Waals surface area contributed by atoms with Gasteiger partial charge in [-0.05, 0) is 79.8 Å². The normalized spacial score (nSPS) is 21.7. The second-order valence-electron chi connectivity index (χ2n) is 8.23. The lowest BCUT2D eigenvalue weighted by atomic mass is 9.84. The largest absolute Gasteiger partial charge is 0.346 e. The van der Waals surface area contributed by atoms with E-state index in [9.17, 15) is 9.59 Å². The molecule has 1 atom stereocenters. The van der Waals surface area contributed by atoms with Gasteiger partial charge in [-0.15, -0.1) is 0 Å². The number of nitrogens with one attached hydrogen (secondary N) is 3. The molecule has 8 nitrogen and oxygen atoms in total. The molecule has 6 rings (SSSR count). The molecule has 0 radical (unpaired) electrons. The first-order valence-electron chi connectivity index (χ1n) is 10.6. The van der Waals surface area contributed by atoms with E-state index in [-0.39, 0.29) is 13.4 Å². The van der Waals surface area contributed by atoms with Crippen LogP contribution in [0.25, 0.3) is 10.1 Å². The fourth-order valence-electron chi connectivity index (χ4n) is 4.50. The zero-order chi connectivity index (χ0) is 22.1. The van der Waals surface area contributed by atoms with Crippen LogP contribution in [0.15, 0.2) is 42.5 Å². The Hall–Kier alpha value is -3.48. The van der Waals surface area contributed by atoms with E-state index in [1.165, 1.54) is 11.5 Å². The highest BCUT2D eigenvalue weighted by molar-refractivity contribution is 7.13. The molecule has 3 amide bonds. The van der Waals surface area contributed by atoms with Crippen LogP contribution >= 0.6 is 11.5 Å². The van der Waals surface area contributed by atoms with E-state index in [0.29, 0.717) is 28.6 Å². The topological polar surface area (TPSA) is 110 Å². The van der Waals surface area contributed by atoms with Gasteiger partial charge in [-0.25, -0.2) is 4.79 Å². The zero-order valence-electron chi connectivity index (χ0n) is 17.3. The van der Waals surface area contributed by atoms with E-state index in [2.05, 4.69) is 25.2 Å². The Kier molecular flexibility index (Phi) is 5.47. The van der Waals surface area contributed by atoms with Gasteiger partial charge in [0.15, 0.2) is 0 Å². The van der Waals surface area contributed by atoms with Crippen molar-refractivity contribution in [3.63, 3.8) is 0 Å². The fraction of sp³-hybridized carbons (Fsp3) is 0.304. The van der Waals surface area contributed by atoms with Crippen LogP contribution in [0.2, 0.25) is 0 Å². The number of urea groups is 1. The molecule has 3 aliphatic heterocycles. The molecule has 3 saturated heterocycles. The summed E-state index contributed by atoms with van der Waals surface area (Å²) in [5.74, 6) is 0.419. The van der Waals surface area contributed by atoms with Crippen LogP contribution in [0, 0.1) is 17.2 Å². The number of aromatic nitrogens is 1. The smallest absolute Gasteiger partial charge is 0.323 e. The van der Waals surface area contributed by atoms with Crippen molar-refractivity contribution in [3.05, 3.63) is 53.7 Å². The van der Waals surface area contributed by atoms with Gasteiger partial charge >= 0.3 is 6.03 Å². The minimum Gasteiger partial charge on any atom is -0.346 e. The number of hydrogen-bond acceptors (Lipinski definition) is 6. The Morgan fingerprint density at radius 2 is 1.91 bits per heavy atom. The summed E-state index contributed by atoms with van der Waals surface area (Å²) in [5, 5.41) is 18.4. The Morgan fingerprint density at radius 1 is 1.12 bits per heavy atom. The molecule has 1 aromatic heterocycles. The second kappa shape index (κ2) is 8.57. The SMILES string of the molecule is N#Cc1cccc(NC(=O)Nc2ccc3c(C(=O)N[C@@H]4CN5CCC4CC5)nsc3c2)c1.[HH]. The minimum atomic E-state index is -0.413. The third kappa shape index (κ3) is 4.15. The van der Waals surface area contributed by atoms with E-state index in [1.54, 1.807) is 30.3 Å². The average Bonchev–Trinajstić information content (AvgIpc) is 3.23. The number of piperidine rings is 3. The van der Waals surface area contributed by atoms with Gasteiger partial charge in [-0.1, -0.05) is 6.07 Å². The molecule has 0 spiro atoms. The fourth-order valence-corrected chi connectivity index (χ4v) is 5.32. The number of hydrogen-bond donors (Lipinski definition) is 3. The first-order chi connectivity index (χ1) is 15.6. The van der Waals surface area contributed by atoms with Gasteiger partial charge in [0.2, 0.25) is 0 Å². The lowest BCUT2D eigenvalue weighted by Gasteiger charge is -2.44. The van der Waals surface area contributed by atoms with Gasteiger partial charge in [-0.3, -0.25) is 4.79 Å². The second-order valence-corrected chi connectivity index (χ2v) is 9.04. The van der Waals surface area contributed by atoms with Crippen LogP contribution < -0.4 is 16.0 Å². The highest BCUT2D eigenvalue weighted by Crippen LogP contribution is 2.29. The summed E-state index contributed by atoms with van der Waals surface area (Å²) in [6, 6.07) is 13.9. The Morgan fingerprint density at radius 3 is 2.62 bits per heavy atom. The van der Waals surface area contributed by atoms with Crippen molar-refractivity contribution < 1.29 is 11.0 Å². The number of rotatable bonds is 4. The lowest BCUT2D eigenvalue weighted by Crippen LogP contribution is -2.57. The molecule has 3 N–H and O–H groups in total. The van der Waals surface area contributed by atoms with Crippen LogP contribution in [0.5, 0.6) is 0 Å². The summed E-state index contributed by atoms with van der Waals surface area (Å²) < 4.78 is 5.21. The van der Waals surface area contributed by atoms with Crippen molar-refractivity contribution in [3.8, 4) is 6.07 Å². The molecule has 3 aromatic rings. The summed E-state index contributed by atoms with van der Waals surface area (Å²) in [4.78, 5) is 27.6. The van der Waals surface area contributed by atoms with Gasteiger partial charge in [0.25, 0.3) is 5.91 Å². The predicted octanol–water partition coefficient (Wildman–Crippen LogP) is 3.88. The summed E-state index contributed by atoms with van der Waals surface area (Å²) in [6.45, 7) is 3.17. The van der Waals surface area contributed by atoms with E-state index >= 15 is 0 Å². The van der Waals surface area contributed by atoms with Crippen LogP contribution in [-0.2, 0) is 0 Å². The van der Waals surface area contributed by atoms with E-state index in [0.717, 1.165) is 42.6 Å². The van der Waals surface area contributed by atoms with Crippen molar-refractivity contribution in [2.75, 3.05) is 30.3 Å². The zero-order valence-corrected chi connectivity index (χ0v) is 18.1. The molecule has 4 heterocycles. The molecule has 9 heteroatoms. The molecule has 3 aliphatic rings. The van der Waals surface area contributed by atoms with Crippen molar-refractivity contribution in [2.24, 2.45) is 5.92 Å². The van der Waals surface area contributed by atoms with Crippen LogP contribution in [0.3, 0.4) is 0 Å². The molecule has 2 aromatic carbocycles. The number of carbonyl (C=O) groups is 2. The molecular weight excluding hydrogens is 424 g/mol. The average molecular weight is 449 g/mol. The van der Waals surface area contributed by atoms with Crippen molar-refractivity contribution in [1.82, 2.24) is 14.6 Å². The summed E-state index contributed by atoms with van der Waals surface area (Å²) in [5.41, 5.74) is 2.04. The third-order valence-corrected chi connectivity index (χ3v) is 6.98. The third-order valence-electron chi connectivity index (χ3n) is 6.17. The number of anilines is 2. The van der Waals surface area contributed by atoms with Crippen molar-refractivity contribution >= 4 is 44.9 Å². The van der Waals surface area contributed by atoms with Crippen molar-refractivity contribution in [1.29, 1.82) is 5.26 Å². The molecule has 164 valence electrons. The standard InChI is InChI=1S/C23H22N6O2S.H2/c24-12-14-2-1-3-16(10-14)25-23(31)26-17-4-5-18-20(11-17)32-28-21(18)22(30)27-19-13-29-8-6-15(19)7-9-29;/h1-5,10-11,15,19H,6-9,13H2,(H,27,30)(H2,25,26,31);1H/t19-;/m1./s1. The van der Waals surface area contributed by atoms with Gasteiger partial charge in [0.1, 0.15) is 5.69 Å². The Labute approximate surface area is 190 Å². The monoisotopic (exact) mass is 448 g/mol. The molecular formula is C23H24N6O2S. The Balaban J connectivity index is 0.00000259. The molecule has 0 aliphatic carbocycles. The van der Waals surface area contributed by atoms with Crippen LogP contribution in [0.4, 0.5) is 16.2 Å². The highest BCUT2D eigenvalue weighted by atomic mass is 32.1. The number of carbonyl (C=O) groups excluding carboxylic acids is 2. The number of nitriles is 1. The molecule has 32 heavy (non-hydrogen) atoms. The first kappa shape index (κ1) is 20.4. The van der Waals surface area contributed by atoms with Crippen molar-refractivity contribution in [2.45, 2.75) is 18.9 Å². The first-order valence-corrected chi connectivity index (χ1v) is 11.4. The van der Waals surface area contributed by atoms with E-state index in [4.69, 9.17) is 5.26 Å².